The number of rotatable bonds is 3. The number of halogens is 1. The van der Waals surface area contributed by atoms with Gasteiger partial charge in [0, 0.05) is 43.5 Å². The van der Waals surface area contributed by atoms with Gasteiger partial charge in [-0.3, -0.25) is 14.7 Å². The van der Waals surface area contributed by atoms with Gasteiger partial charge in [-0.15, -0.1) is 0 Å². The molecule has 1 amide bonds. The maximum atomic E-state index is 13.4. The first-order valence-electron chi connectivity index (χ1n) is 9.40. The fourth-order valence-electron chi connectivity index (χ4n) is 4.38. The molecular formula is C21H24FN3O. The molecule has 1 aromatic heterocycles. The van der Waals surface area contributed by atoms with Crippen LogP contribution in [0.1, 0.15) is 49.3 Å². The number of likely N-dealkylation sites (tertiary alicyclic amines) is 1. The fraction of sp³-hybridized carbons (Fsp3) is 0.429. The molecule has 0 radical (unpaired) electrons. The van der Waals surface area contributed by atoms with Crippen LogP contribution in [0.4, 0.5) is 4.39 Å². The summed E-state index contributed by atoms with van der Waals surface area (Å²) in [6.07, 6.45) is 8.24. The number of fused-ring (bicyclic) bond motifs is 1. The Hall–Kier alpha value is -2.27. The lowest BCUT2D eigenvalue weighted by atomic mass is 9.97. The molecule has 26 heavy (non-hydrogen) atoms. The zero-order valence-corrected chi connectivity index (χ0v) is 14.8. The molecule has 0 aliphatic carbocycles. The Kier molecular flexibility index (Phi) is 4.98. The number of hydrogen-bond acceptors (Lipinski definition) is 3. The minimum absolute atomic E-state index is 0.148. The molecule has 4 rings (SSSR count). The maximum Gasteiger partial charge on any atom is 0.220 e. The first-order valence-corrected chi connectivity index (χ1v) is 9.40. The van der Waals surface area contributed by atoms with Crippen molar-refractivity contribution >= 4 is 5.91 Å². The van der Waals surface area contributed by atoms with Crippen molar-refractivity contribution in [2.24, 2.45) is 0 Å². The van der Waals surface area contributed by atoms with Crippen LogP contribution in [-0.2, 0) is 11.3 Å². The number of pyridine rings is 1. The molecule has 3 atom stereocenters. The summed E-state index contributed by atoms with van der Waals surface area (Å²) < 4.78 is 13.4. The Balaban J connectivity index is 1.65. The molecule has 5 heteroatoms. The van der Waals surface area contributed by atoms with E-state index in [0.717, 1.165) is 43.4 Å². The van der Waals surface area contributed by atoms with Crippen LogP contribution in [-0.4, -0.2) is 27.9 Å². The normalized spacial score (nSPS) is 26.7. The van der Waals surface area contributed by atoms with Gasteiger partial charge in [-0.1, -0.05) is 24.6 Å². The molecule has 0 saturated carbocycles. The standard InChI is InChI=1S/C21H24FN3O/c22-17-9-7-16(8-10-17)20-12-18-19(5-1-2-6-21(26)24-18)25(20)14-15-4-3-11-23-13-15/h3-4,7-11,13,18-20H,1-2,5-6,12,14H2,(H,24,26)/t18-,19+,20+/m1/s1. The second kappa shape index (κ2) is 7.54. The third-order valence-corrected chi connectivity index (χ3v) is 5.61. The second-order valence-corrected chi connectivity index (χ2v) is 7.32. The Morgan fingerprint density at radius 2 is 2.04 bits per heavy atom. The van der Waals surface area contributed by atoms with Crippen LogP contribution in [0.2, 0.25) is 0 Å². The van der Waals surface area contributed by atoms with Gasteiger partial charge in [0.2, 0.25) is 5.91 Å². The van der Waals surface area contributed by atoms with Gasteiger partial charge < -0.3 is 5.32 Å². The van der Waals surface area contributed by atoms with E-state index in [4.69, 9.17) is 0 Å². The Labute approximate surface area is 153 Å². The van der Waals surface area contributed by atoms with Crippen LogP contribution in [0.5, 0.6) is 0 Å². The van der Waals surface area contributed by atoms with E-state index in [2.05, 4.69) is 21.3 Å². The summed E-state index contributed by atoms with van der Waals surface area (Å²) in [4.78, 5) is 18.9. The lowest BCUT2D eigenvalue weighted by molar-refractivity contribution is -0.122. The van der Waals surface area contributed by atoms with Crippen molar-refractivity contribution in [3.63, 3.8) is 0 Å². The molecule has 2 aliphatic heterocycles. The monoisotopic (exact) mass is 353 g/mol. The van der Waals surface area contributed by atoms with Crippen molar-refractivity contribution in [3.05, 3.63) is 65.7 Å². The maximum absolute atomic E-state index is 13.4. The number of carbonyl (C=O) groups is 1. The predicted molar refractivity (Wildman–Crippen MR) is 97.7 cm³/mol. The number of nitrogens with one attached hydrogen (secondary N) is 1. The predicted octanol–water partition coefficient (Wildman–Crippen LogP) is 3.60. The molecule has 3 heterocycles. The Morgan fingerprint density at radius 1 is 1.19 bits per heavy atom. The quantitative estimate of drug-likeness (QED) is 0.917. The minimum Gasteiger partial charge on any atom is -0.352 e. The number of aromatic nitrogens is 1. The molecule has 136 valence electrons. The van der Waals surface area contributed by atoms with Gasteiger partial charge in [0.05, 0.1) is 0 Å². The molecule has 1 N–H and O–H groups in total. The Morgan fingerprint density at radius 3 is 2.81 bits per heavy atom. The highest BCUT2D eigenvalue weighted by Gasteiger charge is 2.42. The van der Waals surface area contributed by atoms with Gasteiger partial charge in [0.25, 0.3) is 0 Å². The van der Waals surface area contributed by atoms with Crippen LogP contribution in [0.3, 0.4) is 0 Å². The first-order chi connectivity index (χ1) is 12.7. The van der Waals surface area contributed by atoms with Crippen LogP contribution in [0.25, 0.3) is 0 Å². The molecule has 2 aliphatic rings. The van der Waals surface area contributed by atoms with Crippen molar-refractivity contribution in [2.75, 3.05) is 0 Å². The van der Waals surface area contributed by atoms with E-state index in [1.54, 1.807) is 6.20 Å². The summed E-state index contributed by atoms with van der Waals surface area (Å²) in [5.74, 6) is -0.0642. The highest BCUT2D eigenvalue weighted by Crippen LogP contribution is 2.40. The number of hydrogen-bond donors (Lipinski definition) is 1. The summed E-state index contributed by atoms with van der Waals surface area (Å²) in [5.41, 5.74) is 2.27. The Bertz CT molecular complexity index is 750. The zero-order chi connectivity index (χ0) is 17.9. The molecule has 0 unspecified atom stereocenters. The second-order valence-electron chi connectivity index (χ2n) is 7.32. The van der Waals surface area contributed by atoms with Gasteiger partial charge in [-0.05, 0) is 48.6 Å². The molecule has 4 nitrogen and oxygen atoms in total. The minimum atomic E-state index is -0.218. The van der Waals surface area contributed by atoms with Gasteiger partial charge in [0.15, 0.2) is 0 Å². The lowest BCUT2D eigenvalue weighted by Gasteiger charge is -2.33. The van der Waals surface area contributed by atoms with Gasteiger partial charge in [-0.2, -0.15) is 0 Å². The number of carbonyl (C=O) groups excluding carboxylic acids is 1. The molecule has 0 bridgehead atoms. The molecule has 1 aromatic carbocycles. The largest absolute Gasteiger partial charge is 0.352 e. The zero-order valence-electron chi connectivity index (χ0n) is 14.8. The summed E-state index contributed by atoms with van der Waals surface area (Å²) in [7, 11) is 0. The molecule has 2 aromatic rings. The molecule has 2 saturated heterocycles. The highest BCUT2D eigenvalue weighted by molar-refractivity contribution is 5.76. The average molecular weight is 353 g/mol. The van der Waals surface area contributed by atoms with E-state index in [9.17, 15) is 9.18 Å². The van der Waals surface area contributed by atoms with E-state index in [1.165, 1.54) is 12.1 Å². The first kappa shape index (κ1) is 17.2. The SMILES string of the molecule is O=C1CCCC[C@H]2[C@@H](C[C@@H](c3ccc(F)cc3)N2Cc2cccnc2)N1. The van der Waals surface area contributed by atoms with Crippen LogP contribution < -0.4 is 5.32 Å². The van der Waals surface area contributed by atoms with Gasteiger partial charge >= 0.3 is 0 Å². The number of amides is 1. The van der Waals surface area contributed by atoms with Crippen molar-refractivity contribution in [3.8, 4) is 0 Å². The van der Waals surface area contributed by atoms with E-state index < -0.39 is 0 Å². The summed E-state index contributed by atoms with van der Waals surface area (Å²) >= 11 is 0. The van der Waals surface area contributed by atoms with E-state index in [0.29, 0.717) is 12.5 Å². The van der Waals surface area contributed by atoms with Crippen molar-refractivity contribution < 1.29 is 9.18 Å². The third-order valence-electron chi connectivity index (χ3n) is 5.61. The van der Waals surface area contributed by atoms with E-state index in [-0.39, 0.29) is 23.8 Å². The molecule has 2 fully saturated rings. The summed E-state index contributed by atoms with van der Waals surface area (Å²) in [6.45, 7) is 0.785. The van der Waals surface area contributed by atoms with Crippen molar-refractivity contribution in [1.82, 2.24) is 15.2 Å². The van der Waals surface area contributed by atoms with Crippen molar-refractivity contribution in [1.29, 1.82) is 0 Å². The highest BCUT2D eigenvalue weighted by atomic mass is 19.1. The van der Waals surface area contributed by atoms with Crippen LogP contribution in [0.15, 0.2) is 48.8 Å². The third kappa shape index (κ3) is 3.63. The van der Waals surface area contributed by atoms with E-state index in [1.807, 2.05) is 24.4 Å². The van der Waals surface area contributed by atoms with Crippen LogP contribution >= 0.6 is 0 Å². The van der Waals surface area contributed by atoms with Crippen LogP contribution in [0, 0.1) is 5.82 Å². The number of benzene rings is 1. The molecular weight excluding hydrogens is 329 g/mol. The number of nitrogens with zero attached hydrogens (tertiary/aromatic N) is 2. The van der Waals surface area contributed by atoms with Gasteiger partial charge in [-0.25, -0.2) is 4.39 Å². The fourth-order valence-corrected chi connectivity index (χ4v) is 4.38. The van der Waals surface area contributed by atoms with E-state index >= 15 is 0 Å². The average Bonchev–Trinajstić information content (AvgIpc) is 2.95. The smallest absolute Gasteiger partial charge is 0.220 e. The topological polar surface area (TPSA) is 45.2 Å². The van der Waals surface area contributed by atoms with Gasteiger partial charge in [0.1, 0.15) is 5.82 Å². The molecule has 0 spiro atoms. The lowest BCUT2D eigenvalue weighted by Crippen LogP contribution is -2.46. The van der Waals surface area contributed by atoms with Crippen molar-refractivity contribution in [2.45, 2.75) is 56.8 Å². The summed E-state index contributed by atoms with van der Waals surface area (Å²) in [6, 6.07) is 11.5. The summed E-state index contributed by atoms with van der Waals surface area (Å²) in [5, 5.41) is 3.24.